The minimum Gasteiger partial charge on any atom is -0.508 e. The molecule has 4 rings (SSSR count). The van der Waals surface area contributed by atoms with E-state index in [1.807, 2.05) is 0 Å². The zero-order valence-electron chi connectivity index (χ0n) is 24.1. The molecule has 0 saturated heterocycles. The number of carbonyl (C=O) groups is 5. The Morgan fingerprint density at radius 2 is 1.74 bits per heavy atom. The number of para-hydroxylation sites is 1. The first-order chi connectivity index (χ1) is 21.3. The van der Waals surface area contributed by atoms with Crippen LogP contribution in [0.15, 0.2) is 54.6 Å². The first kappa shape index (κ1) is 34.9. The van der Waals surface area contributed by atoms with Gasteiger partial charge in [-0.05, 0) is 65.9 Å². The van der Waals surface area contributed by atoms with Crippen molar-refractivity contribution in [1.82, 2.24) is 4.90 Å². The molecule has 0 unspecified atom stereocenters. The van der Waals surface area contributed by atoms with Gasteiger partial charge < -0.3 is 40.5 Å². The van der Waals surface area contributed by atoms with Gasteiger partial charge in [0, 0.05) is 13.0 Å². The van der Waals surface area contributed by atoms with E-state index in [0.29, 0.717) is 23.3 Å². The summed E-state index contributed by atoms with van der Waals surface area (Å²) in [6, 6.07) is 10.3. The maximum Gasteiger partial charge on any atom is 0.343 e. The Kier molecular flexibility index (Phi) is 11.3. The van der Waals surface area contributed by atoms with Crippen LogP contribution in [0.3, 0.4) is 0 Å². The van der Waals surface area contributed by atoms with E-state index in [4.69, 9.17) is 20.6 Å². The summed E-state index contributed by atoms with van der Waals surface area (Å²) in [6.45, 7) is -0.561. The summed E-state index contributed by atoms with van der Waals surface area (Å²) >= 11 is 0. The number of fused-ring (bicyclic) bond motifs is 2. The highest BCUT2D eigenvalue weighted by Crippen LogP contribution is 2.35. The van der Waals surface area contributed by atoms with E-state index in [-0.39, 0.29) is 65.0 Å². The normalized spacial score (nSPS) is 12.9. The number of aromatic hydroxyl groups is 1. The average Bonchev–Trinajstić information content (AvgIpc) is 2.96. The second-order valence-corrected chi connectivity index (χ2v) is 10.2. The molecule has 15 heteroatoms. The molecule has 1 aliphatic rings. The summed E-state index contributed by atoms with van der Waals surface area (Å²) in [5.41, 5.74) is 6.57. The van der Waals surface area contributed by atoms with Crippen LogP contribution in [0.1, 0.15) is 60.6 Å². The van der Waals surface area contributed by atoms with Crippen LogP contribution in [0.4, 0.5) is 0 Å². The molecule has 7 N–H and O–H groups in total. The van der Waals surface area contributed by atoms with E-state index in [9.17, 15) is 44.4 Å². The van der Waals surface area contributed by atoms with E-state index >= 15 is 0 Å². The number of carbonyl (C=O) groups excluding carboxylic acids is 2. The number of esters is 1. The van der Waals surface area contributed by atoms with Crippen molar-refractivity contribution >= 4 is 48.0 Å². The molecule has 14 nitrogen and oxygen atoms in total. The number of nitrogens with zero attached hydrogens (tertiary/aromatic N) is 1. The average molecular weight is 656 g/mol. The molecule has 46 heavy (non-hydrogen) atoms. The zero-order valence-corrected chi connectivity index (χ0v) is 24.9. The van der Waals surface area contributed by atoms with Crippen LogP contribution in [0, 0.1) is 5.41 Å². The quantitative estimate of drug-likeness (QED) is 0.0799. The number of benzene rings is 3. The smallest absolute Gasteiger partial charge is 0.343 e. The lowest BCUT2D eigenvalue weighted by atomic mass is 9.98. The van der Waals surface area contributed by atoms with Crippen molar-refractivity contribution in [3.8, 4) is 17.2 Å². The highest BCUT2D eigenvalue weighted by atomic mass is 35.5. The van der Waals surface area contributed by atoms with Crippen LogP contribution in [-0.2, 0) is 29.0 Å². The first-order valence-electron chi connectivity index (χ1n) is 13.6. The topological polar surface area (TPSA) is 238 Å². The second kappa shape index (κ2) is 14.9. The molecule has 0 aliphatic carbocycles. The van der Waals surface area contributed by atoms with Gasteiger partial charge in [-0.15, -0.1) is 12.4 Å². The van der Waals surface area contributed by atoms with Crippen LogP contribution in [0.5, 0.6) is 17.2 Å². The molecule has 1 aliphatic heterocycles. The standard InChI is InChI=1S/C31H29N3O11.ClH/c32-25(33)12-16-6-7-21-18(9-16)3-2-8-44-27-22(4-1-5-24(27)45-31(21)43)28(38)34(23(30(41)42)14-26(36)37)15-17-10-19(29(39)40)13-20(35)11-17;/h1,4-7,9-11,13,23,35H,2-3,8,12,14-15H2,(H3,32,33)(H,36,37)(H,39,40)(H,41,42);1H/t23-;/m0./s1. The lowest BCUT2D eigenvalue weighted by Gasteiger charge is -2.29. The molecule has 3 aromatic carbocycles. The molecule has 1 amide bonds. The van der Waals surface area contributed by atoms with Gasteiger partial charge in [0.15, 0.2) is 11.5 Å². The fraction of sp³-hybridized carbons (Fsp3) is 0.226. The number of rotatable bonds is 10. The number of halogens is 1. The van der Waals surface area contributed by atoms with Crippen LogP contribution in [-0.4, -0.2) is 73.6 Å². The van der Waals surface area contributed by atoms with Crippen molar-refractivity contribution in [2.45, 2.75) is 38.3 Å². The van der Waals surface area contributed by atoms with E-state index in [0.717, 1.165) is 23.8 Å². The molecule has 242 valence electrons. The van der Waals surface area contributed by atoms with Crippen molar-refractivity contribution in [2.24, 2.45) is 5.73 Å². The molecule has 1 atom stereocenters. The number of aromatic carboxylic acids is 1. The summed E-state index contributed by atoms with van der Waals surface area (Å²) in [5, 5.41) is 46.3. The summed E-state index contributed by atoms with van der Waals surface area (Å²) < 4.78 is 11.5. The lowest BCUT2D eigenvalue weighted by Crippen LogP contribution is -2.46. The summed E-state index contributed by atoms with van der Waals surface area (Å²) in [7, 11) is 0. The third kappa shape index (κ3) is 8.30. The molecule has 0 fully saturated rings. The monoisotopic (exact) mass is 655 g/mol. The van der Waals surface area contributed by atoms with Crippen LogP contribution in [0.25, 0.3) is 0 Å². The summed E-state index contributed by atoms with van der Waals surface area (Å²) in [4.78, 5) is 63.4. The largest absolute Gasteiger partial charge is 0.508 e. The fourth-order valence-corrected chi connectivity index (χ4v) is 4.95. The zero-order chi connectivity index (χ0) is 32.8. The highest BCUT2D eigenvalue weighted by molar-refractivity contribution is 6.01. The van der Waals surface area contributed by atoms with Gasteiger partial charge in [-0.25, -0.2) is 14.4 Å². The van der Waals surface area contributed by atoms with Gasteiger partial charge in [0.1, 0.15) is 11.8 Å². The van der Waals surface area contributed by atoms with Gasteiger partial charge >= 0.3 is 23.9 Å². The van der Waals surface area contributed by atoms with Crippen molar-refractivity contribution in [3.05, 3.63) is 88.0 Å². The minimum atomic E-state index is -1.92. The molecule has 0 radical (unpaired) electrons. The predicted octanol–water partition coefficient (Wildman–Crippen LogP) is 3.11. The number of carboxylic acids is 3. The number of phenols is 1. The van der Waals surface area contributed by atoms with Gasteiger partial charge in [-0.3, -0.25) is 15.0 Å². The Bertz CT molecular complexity index is 1710. The molecule has 3 aromatic rings. The van der Waals surface area contributed by atoms with E-state index in [1.165, 1.54) is 18.2 Å². The maximum absolute atomic E-state index is 14.1. The molecular weight excluding hydrogens is 626 g/mol. The van der Waals surface area contributed by atoms with E-state index < -0.39 is 54.5 Å². The number of ether oxygens (including phenoxy) is 2. The first-order valence-corrected chi connectivity index (χ1v) is 13.6. The number of amides is 1. The number of nitrogens with two attached hydrogens (primary N) is 1. The predicted molar refractivity (Wildman–Crippen MR) is 163 cm³/mol. The molecule has 1 heterocycles. The number of aliphatic carboxylic acids is 2. The Balaban J connectivity index is 0.00000576. The number of hydrogen-bond donors (Lipinski definition) is 6. The molecule has 0 bridgehead atoms. The van der Waals surface area contributed by atoms with Gasteiger partial charge in [-0.1, -0.05) is 18.2 Å². The van der Waals surface area contributed by atoms with Crippen LogP contribution in [0.2, 0.25) is 0 Å². The molecule has 0 aromatic heterocycles. The Labute approximate surface area is 267 Å². The third-order valence-corrected chi connectivity index (χ3v) is 6.90. The van der Waals surface area contributed by atoms with Gasteiger partial charge in [-0.2, -0.15) is 0 Å². The number of amidine groups is 1. The molecule has 0 saturated carbocycles. The maximum atomic E-state index is 14.1. The van der Waals surface area contributed by atoms with Crippen LogP contribution < -0.4 is 15.2 Å². The van der Waals surface area contributed by atoms with Crippen LogP contribution >= 0.6 is 12.4 Å². The number of hydrogen-bond acceptors (Lipinski definition) is 9. The minimum absolute atomic E-state index is 0. The molecule has 0 spiro atoms. The third-order valence-electron chi connectivity index (χ3n) is 6.90. The van der Waals surface area contributed by atoms with Crippen molar-refractivity contribution < 1.29 is 53.9 Å². The summed E-state index contributed by atoms with van der Waals surface area (Å²) in [5.74, 6) is -7.18. The Morgan fingerprint density at radius 3 is 2.39 bits per heavy atom. The SMILES string of the molecule is Cl.N=C(N)Cc1ccc2c(c1)CCCOc1c(cccc1C(=O)N(Cc1cc(O)cc(C(=O)O)c1)[C@@H](CC(=O)O)C(=O)O)OC2=O. The van der Waals surface area contributed by atoms with Crippen molar-refractivity contribution in [2.75, 3.05) is 6.61 Å². The lowest BCUT2D eigenvalue weighted by molar-refractivity contribution is -0.149. The van der Waals surface area contributed by atoms with Gasteiger partial charge in [0.05, 0.1) is 35.6 Å². The molecular formula is C31H30ClN3O11. The second-order valence-electron chi connectivity index (χ2n) is 10.2. The summed E-state index contributed by atoms with van der Waals surface area (Å²) in [6.07, 6.45) is -0.0492. The highest BCUT2D eigenvalue weighted by Gasteiger charge is 2.35. The Morgan fingerprint density at radius 1 is 1.00 bits per heavy atom. The number of aryl methyl sites for hydroxylation is 1. The fourth-order valence-electron chi connectivity index (χ4n) is 4.95. The van der Waals surface area contributed by atoms with Crippen molar-refractivity contribution in [3.63, 3.8) is 0 Å². The van der Waals surface area contributed by atoms with Gasteiger partial charge in [0.2, 0.25) is 0 Å². The number of carboxylic acid groups (broad SMARTS) is 3. The van der Waals surface area contributed by atoms with E-state index in [1.54, 1.807) is 18.2 Å². The number of nitrogens with one attached hydrogen (secondary N) is 1. The Hall–Kier alpha value is -5.63. The number of phenolic OH excluding ortho intramolecular Hbond substituents is 1. The van der Waals surface area contributed by atoms with E-state index in [2.05, 4.69) is 0 Å². The van der Waals surface area contributed by atoms with Gasteiger partial charge in [0.25, 0.3) is 5.91 Å². The van der Waals surface area contributed by atoms with Crippen molar-refractivity contribution in [1.29, 1.82) is 5.41 Å².